The van der Waals surface area contributed by atoms with Gasteiger partial charge in [-0.25, -0.2) is 0 Å². The minimum absolute atomic E-state index is 0.0339. The monoisotopic (exact) mass is 343 g/mol. The van der Waals surface area contributed by atoms with Crippen molar-refractivity contribution in [2.45, 2.75) is 44.7 Å². The molecule has 0 heterocycles. The molecular formula is C17H25N7O. The lowest BCUT2D eigenvalue weighted by Gasteiger charge is -2.29. The van der Waals surface area contributed by atoms with Gasteiger partial charge >= 0.3 is 0 Å². The zero-order chi connectivity index (χ0) is 18.4. The van der Waals surface area contributed by atoms with E-state index in [2.05, 4.69) is 15.6 Å². The number of carbonyl (C=O) groups is 1. The summed E-state index contributed by atoms with van der Waals surface area (Å²) in [6, 6.07) is 7.30. The number of anilines is 1. The Hall–Kier alpha value is -2.74. The van der Waals surface area contributed by atoms with E-state index in [1.165, 1.54) is 0 Å². The van der Waals surface area contributed by atoms with Crippen molar-refractivity contribution in [3.63, 3.8) is 0 Å². The number of nitrogens with two attached hydrogens (primary N) is 2. The molecule has 1 amide bonds. The van der Waals surface area contributed by atoms with Gasteiger partial charge in [0.15, 0.2) is 11.5 Å². The van der Waals surface area contributed by atoms with Crippen LogP contribution < -0.4 is 22.1 Å². The molecule has 25 heavy (non-hydrogen) atoms. The number of guanidine groups is 1. The van der Waals surface area contributed by atoms with Crippen molar-refractivity contribution in [3.05, 3.63) is 29.8 Å². The molecule has 8 N–H and O–H groups in total. The van der Waals surface area contributed by atoms with Crippen molar-refractivity contribution in [1.82, 2.24) is 5.32 Å². The van der Waals surface area contributed by atoms with Crippen LogP contribution in [0.3, 0.4) is 0 Å². The van der Waals surface area contributed by atoms with E-state index in [1.54, 1.807) is 12.1 Å². The van der Waals surface area contributed by atoms with Crippen LogP contribution in [0.5, 0.6) is 0 Å². The fourth-order valence-corrected chi connectivity index (χ4v) is 2.70. The molecule has 8 heteroatoms. The molecule has 0 radical (unpaired) electrons. The lowest BCUT2D eigenvalue weighted by Crippen LogP contribution is -2.49. The molecule has 0 unspecified atom stereocenters. The van der Waals surface area contributed by atoms with Crippen molar-refractivity contribution in [2.75, 3.05) is 5.32 Å². The maximum Gasteiger partial charge on any atom is 0.270 e. The van der Waals surface area contributed by atoms with Gasteiger partial charge in [-0.15, -0.1) is 0 Å². The van der Waals surface area contributed by atoms with Gasteiger partial charge in [0.1, 0.15) is 0 Å². The molecule has 8 nitrogen and oxygen atoms in total. The normalized spacial score (nSPS) is 20.6. The number of aryl methyl sites for hydroxylation is 1. The van der Waals surface area contributed by atoms with E-state index in [4.69, 9.17) is 22.3 Å². The van der Waals surface area contributed by atoms with E-state index in [-0.39, 0.29) is 23.9 Å². The molecule has 0 bridgehead atoms. The zero-order valence-electron chi connectivity index (χ0n) is 14.3. The van der Waals surface area contributed by atoms with Gasteiger partial charge in [-0.3, -0.25) is 15.6 Å². The fraction of sp³-hybridized carbons (Fsp3) is 0.412. The maximum atomic E-state index is 11.4. The first-order valence-electron chi connectivity index (χ1n) is 8.28. The van der Waals surface area contributed by atoms with E-state index in [0.29, 0.717) is 5.69 Å². The Kier molecular flexibility index (Phi) is 6.24. The highest BCUT2D eigenvalue weighted by Crippen LogP contribution is 2.16. The number of rotatable bonds is 4. The van der Waals surface area contributed by atoms with E-state index >= 15 is 0 Å². The summed E-state index contributed by atoms with van der Waals surface area (Å²) >= 11 is 0. The summed E-state index contributed by atoms with van der Waals surface area (Å²) in [5.41, 5.74) is 12.5. The van der Waals surface area contributed by atoms with Crippen LogP contribution in [0.15, 0.2) is 29.3 Å². The highest BCUT2D eigenvalue weighted by molar-refractivity contribution is 6.67. The third kappa shape index (κ3) is 5.39. The number of amides is 1. The van der Waals surface area contributed by atoms with Crippen LogP contribution in [0, 0.1) is 17.7 Å². The average Bonchev–Trinajstić information content (AvgIpc) is 2.57. The number of nitrogens with one attached hydrogen (secondary N) is 4. The highest BCUT2D eigenvalue weighted by atomic mass is 16.1. The Balaban J connectivity index is 2.14. The Morgan fingerprint density at radius 3 is 2.44 bits per heavy atom. The van der Waals surface area contributed by atoms with Gasteiger partial charge in [-0.2, -0.15) is 4.99 Å². The topological polar surface area (TPSA) is 153 Å². The van der Waals surface area contributed by atoms with Crippen molar-refractivity contribution in [1.29, 1.82) is 10.8 Å². The van der Waals surface area contributed by atoms with Crippen LogP contribution in [-0.4, -0.2) is 35.5 Å². The van der Waals surface area contributed by atoms with Gasteiger partial charge < -0.3 is 22.1 Å². The number of benzene rings is 1. The van der Waals surface area contributed by atoms with Crippen LogP contribution >= 0.6 is 0 Å². The van der Waals surface area contributed by atoms with Crippen molar-refractivity contribution in [2.24, 2.45) is 16.5 Å². The number of primary amides is 1. The van der Waals surface area contributed by atoms with E-state index in [0.717, 1.165) is 31.2 Å². The van der Waals surface area contributed by atoms with Crippen molar-refractivity contribution < 1.29 is 4.79 Å². The summed E-state index contributed by atoms with van der Waals surface area (Å²) in [6.45, 7) is 1.96. The van der Waals surface area contributed by atoms with Crippen LogP contribution in [-0.2, 0) is 4.79 Å². The quantitative estimate of drug-likeness (QED) is 0.358. The minimum Gasteiger partial charge on any atom is -0.364 e. The second-order valence-corrected chi connectivity index (χ2v) is 6.24. The predicted octanol–water partition coefficient (Wildman–Crippen LogP) is 1.10. The lowest BCUT2D eigenvalue weighted by atomic mass is 9.91. The van der Waals surface area contributed by atoms with E-state index < -0.39 is 11.6 Å². The highest BCUT2D eigenvalue weighted by Gasteiger charge is 2.23. The summed E-state index contributed by atoms with van der Waals surface area (Å²) in [5.74, 6) is -1.14. The second-order valence-electron chi connectivity index (χ2n) is 6.24. The number of amidine groups is 1. The molecule has 0 saturated heterocycles. The third-order valence-corrected chi connectivity index (χ3v) is 4.16. The summed E-state index contributed by atoms with van der Waals surface area (Å²) < 4.78 is 0. The van der Waals surface area contributed by atoms with Gasteiger partial charge in [0, 0.05) is 17.8 Å². The number of nitrogens with zero attached hydrogens (tertiary/aromatic N) is 1. The first-order valence-corrected chi connectivity index (χ1v) is 8.28. The Labute approximate surface area is 147 Å². The zero-order valence-corrected chi connectivity index (χ0v) is 14.3. The molecule has 1 aliphatic rings. The Bertz CT molecular complexity index is 681. The van der Waals surface area contributed by atoms with Crippen molar-refractivity contribution >= 4 is 29.1 Å². The first kappa shape index (κ1) is 18.6. The number of carbonyl (C=O) groups excluding carboxylic acids is 1. The fourth-order valence-electron chi connectivity index (χ4n) is 2.70. The van der Waals surface area contributed by atoms with Gasteiger partial charge in [0.05, 0.1) is 0 Å². The third-order valence-electron chi connectivity index (χ3n) is 4.16. The molecule has 1 fully saturated rings. The summed E-state index contributed by atoms with van der Waals surface area (Å²) in [4.78, 5) is 15.4. The molecule has 1 aromatic carbocycles. The van der Waals surface area contributed by atoms with Crippen molar-refractivity contribution in [3.8, 4) is 0 Å². The van der Waals surface area contributed by atoms with Gasteiger partial charge in [0.2, 0.25) is 5.96 Å². The average molecular weight is 343 g/mol. The summed E-state index contributed by atoms with van der Waals surface area (Å²) in [5, 5.41) is 21.7. The molecule has 0 aromatic heterocycles. The largest absolute Gasteiger partial charge is 0.364 e. The van der Waals surface area contributed by atoms with Crippen LogP contribution in [0.2, 0.25) is 0 Å². The number of hydrogen-bond donors (Lipinski definition) is 6. The number of hydrogen-bond acceptors (Lipinski definition) is 4. The SMILES string of the molecule is Cc1ccc(N/C(=N/C(=N)N[C@@H]2CCCC[C@@H]2N)C(=N)C(N)=O)cc1. The Morgan fingerprint density at radius 2 is 1.84 bits per heavy atom. The molecular weight excluding hydrogens is 318 g/mol. The molecule has 2 atom stereocenters. The van der Waals surface area contributed by atoms with Gasteiger partial charge in [-0.1, -0.05) is 30.5 Å². The molecule has 1 saturated carbocycles. The van der Waals surface area contributed by atoms with E-state index in [1.807, 2.05) is 19.1 Å². The molecule has 1 aromatic rings. The first-order chi connectivity index (χ1) is 11.9. The predicted molar refractivity (Wildman–Crippen MR) is 100 cm³/mol. The van der Waals surface area contributed by atoms with Crippen LogP contribution in [0.1, 0.15) is 31.2 Å². The Morgan fingerprint density at radius 1 is 1.20 bits per heavy atom. The van der Waals surface area contributed by atoms with Gasteiger partial charge in [-0.05, 0) is 31.9 Å². The lowest BCUT2D eigenvalue weighted by molar-refractivity contribution is -0.111. The maximum absolute atomic E-state index is 11.4. The summed E-state index contributed by atoms with van der Waals surface area (Å²) in [6.07, 6.45) is 3.91. The molecule has 1 aliphatic carbocycles. The summed E-state index contributed by atoms with van der Waals surface area (Å²) in [7, 11) is 0. The molecule has 2 rings (SSSR count). The number of aliphatic imine (C=N–C) groups is 1. The standard InChI is InChI=1S/C17H25N7O/c1-10-6-8-11(9-7-10)22-16(14(19)15(20)25)24-17(21)23-13-5-3-2-4-12(13)18/h6-9,12-13,19H,2-5,18H2,1H3,(H2,20,25)(H3,21,22,23,24)/t12-,13+/m0/s1. The molecule has 134 valence electrons. The second kappa shape index (κ2) is 8.39. The minimum atomic E-state index is -0.916. The molecule has 0 spiro atoms. The van der Waals surface area contributed by atoms with Crippen LogP contribution in [0.25, 0.3) is 0 Å². The smallest absolute Gasteiger partial charge is 0.270 e. The molecule has 0 aliphatic heterocycles. The van der Waals surface area contributed by atoms with Gasteiger partial charge in [0.25, 0.3) is 5.91 Å². The van der Waals surface area contributed by atoms with Crippen LogP contribution in [0.4, 0.5) is 5.69 Å². The van der Waals surface area contributed by atoms with E-state index in [9.17, 15) is 4.79 Å².